The molecule has 0 radical (unpaired) electrons. The molecule has 3 heteroatoms. The molecule has 0 bridgehead atoms. The third-order valence-corrected chi connectivity index (χ3v) is 3.72. The second-order valence-corrected chi connectivity index (χ2v) is 4.92. The van der Waals surface area contributed by atoms with Gasteiger partial charge in [0.1, 0.15) is 0 Å². The van der Waals surface area contributed by atoms with Gasteiger partial charge >= 0.3 is 0 Å². The van der Waals surface area contributed by atoms with E-state index in [1.54, 1.807) is 0 Å². The first-order valence-electron chi connectivity index (χ1n) is 6.64. The Morgan fingerprint density at radius 1 is 1.28 bits per heavy atom. The van der Waals surface area contributed by atoms with Crippen LogP contribution in [0, 0.1) is 0 Å². The average molecular weight is 248 g/mol. The van der Waals surface area contributed by atoms with Crippen LogP contribution >= 0.6 is 0 Å². The van der Waals surface area contributed by atoms with Crippen LogP contribution in [-0.2, 0) is 4.79 Å². The number of nitrogens with one attached hydrogen (secondary N) is 1. The zero-order valence-corrected chi connectivity index (χ0v) is 11.6. The number of nitrogens with two attached hydrogens (primary N) is 1. The Bertz CT molecular complexity index is 371. The van der Waals surface area contributed by atoms with Crippen molar-refractivity contribution in [3.8, 4) is 0 Å². The van der Waals surface area contributed by atoms with Gasteiger partial charge in [0.05, 0.1) is 5.92 Å². The predicted molar refractivity (Wildman–Crippen MR) is 75.4 cm³/mol. The molecule has 0 heterocycles. The number of hydrogen-bond acceptors (Lipinski definition) is 2. The SMILES string of the molecule is CCC(N)(CC)CNC(=O)C(C)c1ccccc1. The summed E-state index contributed by atoms with van der Waals surface area (Å²) in [5.41, 5.74) is 6.92. The van der Waals surface area contributed by atoms with Crippen LogP contribution in [0.2, 0.25) is 0 Å². The summed E-state index contributed by atoms with van der Waals surface area (Å²) in [5.74, 6) is -0.0953. The number of rotatable bonds is 6. The van der Waals surface area contributed by atoms with Crippen LogP contribution in [0.3, 0.4) is 0 Å². The molecule has 1 unspecified atom stereocenters. The van der Waals surface area contributed by atoms with E-state index in [9.17, 15) is 4.79 Å². The van der Waals surface area contributed by atoms with E-state index in [1.807, 2.05) is 37.3 Å². The van der Waals surface area contributed by atoms with Crippen LogP contribution in [0.4, 0.5) is 0 Å². The maximum atomic E-state index is 12.1. The highest BCUT2D eigenvalue weighted by atomic mass is 16.1. The fourth-order valence-electron chi connectivity index (χ4n) is 1.81. The topological polar surface area (TPSA) is 55.1 Å². The van der Waals surface area contributed by atoms with Crippen molar-refractivity contribution in [1.82, 2.24) is 5.32 Å². The predicted octanol–water partition coefficient (Wildman–Crippen LogP) is 2.42. The molecule has 3 nitrogen and oxygen atoms in total. The van der Waals surface area contributed by atoms with E-state index in [1.165, 1.54) is 0 Å². The van der Waals surface area contributed by atoms with Crippen molar-refractivity contribution in [1.29, 1.82) is 0 Å². The van der Waals surface area contributed by atoms with Gasteiger partial charge < -0.3 is 11.1 Å². The molecule has 1 atom stereocenters. The van der Waals surface area contributed by atoms with E-state index >= 15 is 0 Å². The Kier molecular flexibility index (Phi) is 5.35. The van der Waals surface area contributed by atoms with Gasteiger partial charge in [-0.1, -0.05) is 44.2 Å². The molecule has 3 N–H and O–H groups in total. The molecular weight excluding hydrogens is 224 g/mol. The molecule has 18 heavy (non-hydrogen) atoms. The molecule has 0 saturated heterocycles. The van der Waals surface area contributed by atoms with Gasteiger partial charge in [0.25, 0.3) is 0 Å². The molecule has 0 aromatic heterocycles. The monoisotopic (exact) mass is 248 g/mol. The average Bonchev–Trinajstić information content (AvgIpc) is 2.44. The molecule has 1 amide bonds. The summed E-state index contributed by atoms with van der Waals surface area (Å²) >= 11 is 0. The standard InChI is InChI=1S/C15H24N2O/c1-4-15(16,5-2)11-17-14(18)12(3)13-9-7-6-8-10-13/h6-10,12H,4-5,11,16H2,1-3H3,(H,17,18). The molecular formula is C15H24N2O. The number of hydrogen-bond donors (Lipinski definition) is 2. The Morgan fingerprint density at radius 3 is 2.33 bits per heavy atom. The van der Waals surface area contributed by atoms with Gasteiger partial charge in [0.2, 0.25) is 5.91 Å². The lowest BCUT2D eigenvalue weighted by molar-refractivity contribution is -0.122. The van der Waals surface area contributed by atoms with Crippen molar-refractivity contribution >= 4 is 5.91 Å². The lowest BCUT2D eigenvalue weighted by atomic mass is 9.93. The van der Waals surface area contributed by atoms with Crippen molar-refractivity contribution < 1.29 is 4.79 Å². The normalized spacial score (nSPS) is 13.1. The van der Waals surface area contributed by atoms with E-state index < -0.39 is 0 Å². The molecule has 100 valence electrons. The minimum Gasteiger partial charge on any atom is -0.354 e. The van der Waals surface area contributed by atoms with Crippen LogP contribution in [0.1, 0.15) is 45.1 Å². The minimum absolute atomic E-state index is 0.0397. The highest BCUT2D eigenvalue weighted by molar-refractivity contribution is 5.83. The number of carbonyl (C=O) groups excluding carboxylic acids is 1. The second kappa shape index (κ2) is 6.55. The van der Waals surface area contributed by atoms with Crippen molar-refractivity contribution in [2.45, 2.75) is 45.1 Å². The van der Waals surface area contributed by atoms with E-state index in [4.69, 9.17) is 5.73 Å². The number of carbonyl (C=O) groups is 1. The molecule has 0 saturated carbocycles. The minimum atomic E-state index is -0.286. The Labute approximate surface area is 110 Å². The van der Waals surface area contributed by atoms with E-state index in [-0.39, 0.29) is 17.4 Å². The maximum Gasteiger partial charge on any atom is 0.227 e. The highest BCUT2D eigenvalue weighted by Gasteiger charge is 2.22. The fourth-order valence-corrected chi connectivity index (χ4v) is 1.81. The summed E-state index contributed by atoms with van der Waals surface area (Å²) in [6, 6.07) is 9.79. The third-order valence-electron chi connectivity index (χ3n) is 3.72. The first kappa shape index (κ1) is 14.7. The van der Waals surface area contributed by atoms with Gasteiger partial charge in [0, 0.05) is 12.1 Å². The zero-order chi connectivity index (χ0) is 13.6. The quantitative estimate of drug-likeness (QED) is 0.812. The first-order chi connectivity index (χ1) is 8.52. The maximum absolute atomic E-state index is 12.1. The molecule has 0 aliphatic carbocycles. The van der Waals surface area contributed by atoms with E-state index in [2.05, 4.69) is 19.2 Å². The second-order valence-electron chi connectivity index (χ2n) is 4.92. The molecule has 1 rings (SSSR count). The molecule has 1 aromatic rings. The van der Waals surface area contributed by atoms with Crippen molar-refractivity contribution in [3.05, 3.63) is 35.9 Å². The van der Waals surface area contributed by atoms with Crippen molar-refractivity contribution in [3.63, 3.8) is 0 Å². The van der Waals surface area contributed by atoms with Gasteiger partial charge in [-0.05, 0) is 25.3 Å². The summed E-state index contributed by atoms with van der Waals surface area (Å²) in [7, 11) is 0. The van der Waals surface area contributed by atoms with Gasteiger partial charge in [-0.15, -0.1) is 0 Å². The molecule has 0 fully saturated rings. The first-order valence-corrected chi connectivity index (χ1v) is 6.64. The molecule has 0 aliphatic rings. The van der Waals surface area contributed by atoms with Crippen LogP contribution in [0.5, 0.6) is 0 Å². The summed E-state index contributed by atoms with van der Waals surface area (Å²) in [6.07, 6.45) is 1.73. The van der Waals surface area contributed by atoms with Gasteiger partial charge in [-0.3, -0.25) is 4.79 Å². The van der Waals surface area contributed by atoms with E-state index in [0.29, 0.717) is 6.54 Å². The summed E-state index contributed by atoms with van der Waals surface area (Å²) in [6.45, 7) is 6.56. The van der Waals surface area contributed by atoms with E-state index in [0.717, 1.165) is 18.4 Å². The highest BCUT2D eigenvalue weighted by Crippen LogP contribution is 2.15. The summed E-state index contributed by atoms with van der Waals surface area (Å²) in [4.78, 5) is 12.1. The Hall–Kier alpha value is -1.35. The van der Waals surface area contributed by atoms with Crippen LogP contribution in [0.15, 0.2) is 30.3 Å². The third kappa shape index (κ3) is 3.84. The Morgan fingerprint density at radius 2 is 1.83 bits per heavy atom. The van der Waals surface area contributed by atoms with Crippen LogP contribution in [0.25, 0.3) is 0 Å². The number of amides is 1. The van der Waals surface area contributed by atoms with Crippen molar-refractivity contribution in [2.75, 3.05) is 6.54 Å². The van der Waals surface area contributed by atoms with Gasteiger partial charge in [-0.2, -0.15) is 0 Å². The van der Waals surface area contributed by atoms with Crippen LogP contribution in [-0.4, -0.2) is 18.0 Å². The Balaban J connectivity index is 2.56. The number of benzene rings is 1. The van der Waals surface area contributed by atoms with Gasteiger partial charge in [0.15, 0.2) is 0 Å². The van der Waals surface area contributed by atoms with Crippen LogP contribution < -0.4 is 11.1 Å². The summed E-state index contributed by atoms with van der Waals surface area (Å²) < 4.78 is 0. The van der Waals surface area contributed by atoms with Crippen molar-refractivity contribution in [2.24, 2.45) is 5.73 Å². The lowest BCUT2D eigenvalue weighted by Gasteiger charge is -2.27. The molecule has 1 aromatic carbocycles. The van der Waals surface area contributed by atoms with Gasteiger partial charge in [-0.25, -0.2) is 0 Å². The fraction of sp³-hybridized carbons (Fsp3) is 0.533. The lowest BCUT2D eigenvalue weighted by Crippen LogP contribution is -2.49. The largest absolute Gasteiger partial charge is 0.354 e. The molecule has 0 spiro atoms. The molecule has 0 aliphatic heterocycles. The summed E-state index contributed by atoms with van der Waals surface area (Å²) in [5, 5.41) is 2.96. The zero-order valence-electron chi connectivity index (χ0n) is 11.6. The smallest absolute Gasteiger partial charge is 0.227 e.